The number of benzene rings is 2. The van der Waals surface area contributed by atoms with E-state index in [1.54, 1.807) is 18.2 Å². The number of aliphatic hydroxyl groups is 3. The maximum Gasteiger partial charge on any atom is 0.250 e. The molecule has 0 amide bonds. The summed E-state index contributed by atoms with van der Waals surface area (Å²) in [4.78, 5) is 1.69. The van der Waals surface area contributed by atoms with Crippen LogP contribution >= 0.6 is 0 Å². The fourth-order valence-electron chi connectivity index (χ4n) is 4.61. The number of rotatable bonds is 7. The van der Waals surface area contributed by atoms with Crippen molar-refractivity contribution in [2.75, 3.05) is 44.4 Å². The summed E-state index contributed by atoms with van der Waals surface area (Å²) >= 11 is 0. The van der Waals surface area contributed by atoms with Crippen LogP contribution in [0.1, 0.15) is 5.76 Å². The Morgan fingerprint density at radius 2 is 1.79 bits per heavy atom. The van der Waals surface area contributed by atoms with E-state index in [1.807, 2.05) is 24.3 Å². The highest BCUT2D eigenvalue weighted by Gasteiger charge is 2.38. The minimum Gasteiger partial charge on any atom is -0.457 e. The van der Waals surface area contributed by atoms with Gasteiger partial charge in [-0.2, -0.15) is 5.26 Å². The summed E-state index contributed by atoms with van der Waals surface area (Å²) in [5, 5.41) is 40.9. The molecule has 2 aromatic carbocycles. The topological polar surface area (TPSA) is 165 Å². The second kappa shape index (κ2) is 11.4. The third-order valence-corrected chi connectivity index (χ3v) is 8.20. The van der Waals surface area contributed by atoms with Crippen LogP contribution in [0.15, 0.2) is 57.9 Å². The van der Waals surface area contributed by atoms with Crippen molar-refractivity contribution in [3.63, 3.8) is 0 Å². The highest BCUT2D eigenvalue weighted by molar-refractivity contribution is 7.93. The Morgan fingerprint density at radius 1 is 1.05 bits per heavy atom. The van der Waals surface area contributed by atoms with E-state index in [-0.39, 0.29) is 12.4 Å². The van der Waals surface area contributed by atoms with Crippen molar-refractivity contribution in [1.29, 1.82) is 5.26 Å². The zero-order valence-corrected chi connectivity index (χ0v) is 21.8. The van der Waals surface area contributed by atoms with Crippen LogP contribution in [0.5, 0.6) is 0 Å². The molecule has 1 aromatic heterocycles. The van der Waals surface area contributed by atoms with Gasteiger partial charge in [-0.05, 0) is 41.1 Å². The summed E-state index contributed by atoms with van der Waals surface area (Å²) < 4.78 is 44.1. The van der Waals surface area contributed by atoms with Gasteiger partial charge in [0.2, 0.25) is 0 Å². The molecular weight excluding hydrogens is 526 g/mol. The van der Waals surface area contributed by atoms with Crippen LogP contribution in [-0.2, 0) is 19.5 Å². The lowest BCUT2D eigenvalue weighted by Crippen LogP contribution is -2.56. The number of ether oxygens (including phenoxy) is 2. The zero-order valence-electron chi connectivity index (χ0n) is 20.9. The summed E-state index contributed by atoms with van der Waals surface area (Å²) in [6.45, 7) is 2.47. The first-order valence-corrected chi connectivity index (χ1v) is 14.0. The molecule has 0 radical (unpaired) electrons. The highest BCUT2D eigenvalue weighted by atomic mass is 32.2. The lowest BCUT2D eigenvalue weighted by molar-refractivity contribution is -0.184. The minimum atomic E-state index is -4.28. The molecule has 0 aliphatic carbocycles. The number of allylic oxidation sites excluding steroid dienone is 1. The quantitative estimate of drug-likeness (QED) is 0.311. The molecule has 4 unspecified atom stereocenters. The Bertz CT molecular complexity index is 1510. The van der Waals surface area contributed by atoms with E-state index < -0.39 is 45.9 Å². The fourth-order valence-corrected chi connectivity index (χ4v) is 5.54. The third-order valence-electron chi connectivity index (χ3n) is 6.87. The first-order valence-electron chi connectivity index (χ1n) is 12.5. The molecule has 5 rings (SSSR count). The van der Waals surface area contributed by atoms with Crippen LogP contribution in [0.25, 0.3) is 28.2 Å². The van der Waals surface area contributed by atoms with E-state index in [4.69, 9.17) is 13.9 Å². The first kappa shape index (κ1) is 27.3. The summed E-state index contributed by atoms with van der Waals surface area (Å²) in [6, 6.07) is 17.1. The van der Waals surface area contributed by atoms with Crippen LogP contribution in [0.2, 0.25) is 0 Å². The van der Waals surface area contributed by atoms with E-state index in [0.717, 1.165) is 41.2 Å². The lowest BCUT2D eigenvalue weighted by Gasteiger charge is -2.35. The molecule has 4 N–H and O–H groups in total. The molecule has 2 aliphatic rings. The lowest BCUT2D eigenvalue weighted by atomic mass is 10.0. The van der Waals surface area contributed by atoms with Crippen molar-refractivity contribution >= 4 is 32.6 Å². The Kier molecular flexibility index (Phi) is 8.01. The van der Waals surface area contributed by atoms with Gasteiger partial charge >= 0.3 is 0 Å². The molecule has 39 heavy (non-hydrogen) atoms. The maximum absolute atomic E-state index is 12.7. The van der Waals surface area contributed by atoms with E-state index in [0.29, 0.717) is 19.0 Å². The molecule has 0 bridgehead atoms. The zero-order chi connectivity index (χ0) is 27.6. The van der Waals surface area contributed by atoms with Gasteiger partial charge in [-0.15, -0.1) is 0 Å². The number of aliphatic hydroxyl groups excluding tert-OH is 3. The summed E-state index contributed by atoms with van der Waals surface area (Å²) in [5.74, 6) is 0.677. The number of morpholine rings is 1. The number of nitriles is 1. The van der Waals surface area contributed by atoms with Crippen LogP contribution in [0.4, 0.5) is 5.69 Å². The molecule has 3 aromatic rings. The van der Waals surface area contributed by atoms with Crippen molar-refractivity contribution in [3.05, 3.63) is 59.2 Å². The van der Waals surface area contributed by atoms with Gasteiger partial charge in [-0.25, -0.2) is 13.1 Å². The number of sulfonamides is 1. The number of furan rings is 1. The van der Waals surface area contributed by atoms with Gasteiger partial charge < -0.3 is 34.1 Å². The molecule has 4 atom stereocenters. The molecule has 0 spiro atoms. The van der Waals surface area contributed by atoms with Crippen LogP contribution in [0, 0.1) is 11.3 Å². The SMILES string of the molecule is N#CC(=Cc1ccc(-c2ccc3cc(N4CCOCC4)ccc3c2)o1)S(=O)(=O)NCC1OCC(O)C(O)C1O. The summed E-state index contributed by atoms with van der Waals surface area (Å²) in [6.07, 6.45) is -4.22. The van der Waals surface area contributed by atoms with Gasteiger partial charge in [0.15, 0.2) is 4.91 Å². The Morgan fingerprint density at radius 3 is 2.56 bits per heavy atom. The van der Waals surface area contributed by atoms with Gasteiger partial charge in [0.25, 0.3) is 10.0 Å². The highest BCUT2D eigenvalue weighted by Crippen LogP contribution is 2.30. The molecule has 2 fully saturated rings. The molecule has 12 heteroatoms. The van der Waals surface area contributed by atoms with Crippen LogP contribution < -0.4 is 9.62 Å². The third kappa shape index (κ3) is 6.00. The average molecular weight is 556 g/mol. The van der Waals surface area contributed by atoms with Crippen molar-refractivity contribution in [1.82, 2.24) is 4.72 Å². The van der Waals surface area contributed by atoms with E-state index in [9.17, 15) is 29.0 Å². The number of nitrogens with one attached hydrogen (secondary N) is 1. The van der Waals surface area contributed by atoms with Crippen molar-refractivity contribution in [2.45, 2.75) is 24.4 Å². The van der Waals surface area contributed by atoms with Gasteiger partial charge in [0.1, 0.15) is 35.9 Å². The van der Waals surface area contributed by atoms with Crippen LogP contribution in [0.3, 0.4) is 0 Å². The van der Waals surface area contributed by atoms with Crippen molar-refractivity contribution < 1.29 is 37.6 Å². The predicted molar refractivity (Wildman–Crippen MR) is 143 cm³/mol. The number of hydrogen-bond donors (Lipinski definition) is 4. The fraction of sp³-hybridized carbons (Fsp3) is 0.370. The molecule has 2 aliphatic heterocycles. The molecule has 11 nitrogen and oxygen atoms in total. The molecule has 206 valence electrons. The number of fused-ring (bicyclic) bond motifs is 1. The molecule has 0 saturated carbocycles. The minimum absolute atomic E-state index is 0.169. The first-order chi connectivity index (χ1) is 18.7. The predicted octanol–water partition coefficient (Wildman–Crippen LogP) is 1.20. The van der Waals surface area contributed by atoms with Gasteiger partial charge in [-0.1, -0.05) is 18.2 Å². The largest absolute Gasteiger partial charge is 0.457 e. The Labute approximate surface area is 225 Å². The Balaban J connectivity index is 1.29. The van der Waals surface area contributed by atoms with E-state index in [1.165, 1.54) is 0 Å². The average Bonchev–Trinajstić information content (AvgIpc) is 3.43. The molecule has 2 saturated heterocycles. The second-order valence-electron chi connectivity index (χ2n) is 9.44. The number of hydrogen-bond acceptors (Lipinski definition) is 10. The molecule has 3 heterocycles. The van der Waals surface area contributed by atoms with Gasteiger partial charge in [0.05, 0.1) is 25.9 Å². The van der Waals surface area contributed by atoms with Crippen molar-refractivity contribution in [3.8, 4) is 17.4 Å². The summed E-state index contributed by atoms with van der Waals surface area (Å²) in [5.41, 5.74) is 1.94. The second-order valence-corrected chi connectivity index (χ2v) is 11.2. The monoisotopic (exact) mass is 555 g/mol. The van der Waals surface area contributed by atoms with Gasteiger partial charge in [-0.3, -0.25) is 0 Å². The van der Waals surface area contributed by atoms with E-state index >= 15 is 0 Å². The van der Waals surface area contributed by atoms with E-state index in [2.05, 4.69) is 21.8 Å². The van der Waals surface area contributed by atoms with Crippen LogP contribution in [-0.4, -0.2) is 87.6 Å². The Hall–Kier alpha value is -3.28. The summed E-state index contributed by atoms with van der Waals surface area (Å²) in [7, 11) is -4.28. The van der Waals surface area contributed by atoms with Crippen molar-refractivity contribution in [2.24, 2.45) is 0 Å². The number of nitrogens with zero attached hydrogens (tertiary/aromatic N) is 2. The molecular formula is C27H29N3O8S. The van der Waals surface area contributed by atoms with Gasteiger partial charge in [0, 0.05) is 37.0 Å². The maximum atomic E-state index is 12.7. The number of anilines is 1. The normalized spacial score (nSPS) is 24.6. The smallest absolute Gasteiger partial charge is 0.250 e. The standard InChI is InChI=1S/C27H29N3O8S/c28-14-22(39(34,35)29-15-25-27(33)26(32)23(31)16-37-25)13-21-5-6-24(38-21)19-2-1-18-12-20(4-3-17(18)11-19)30-7-9-36-10-8-30/h1-6,11-13,23,25-27,29,31-33H,7-10,15-16H2.